The fourth-order valence-corrected chi connectivity index (χ4v) is 4.03. The Balaban J connectivity index is 1.29. The number of carbonyl (C=O) groups is 2. The average Bonchev–Trinajstić information content (AvgIpc) is 3.46. The summed E-state index contributed by atoms with van der Waals surface area (Å²) >= 11 is 0. The van der Waals surface area contributed by atoms with Gasteiger partial charge in [-0.3, -0.25) is 4.79 Å². The second-order valence-electron chi connectivity index (χ2n) is 8.09. The number of nitrogens with one attached hydrogen (secondary N) is 2. The zero-order chi connectivity index (χ0) is 19.4. The lowest BCUT2D eigenvalue weighted by Crippen LogP contribution is -2.61. The summed E-state index contributed by atoms with van der Waals surface area (Å²) in [6.07, 6.45) is 4.40. The molecule has 2 N–H and O–H groups in total. The van der Waals surface area contributed by atoms with Crippen molar-refractivity contribution < 1.29 is 19.1 Å². The van der Waals surface area contributed by atoms with Crippen LogP contribution >= 0.6 is 0 Å². The van der Waals surface area contributed by atoms with Crippen molar-refractivity contribution in [3.63, 3.8) is 0 Å². The number of rotatable bonds is 6. The maximum atomic E-state index is 13.0. The Morgan fingerprint density at radius 2 is 1.89 bits per heavy atom. The molecule has 7 nitrogen and oxygen atoms in total. The first-order valence-corrected chi connectivity index (χ1v) is 10.3. The number of alkyl carbamates (subject to hydrolysis) is 1. The van der Waals surface area contributed by atoms with Gasteiger partial charge in [0, 0.05) is 38.2 Å². The fourth-order valence-electron chi connectivity index (χ4n) is 4.03. The zero-order valence-electron chi connectivity index (χ0n) is 16.2. The number of ether oxygens (including phenoxy) is 2. The third-order valence-electron chi connectivity index (χ3n) is 5.94. The van der Waals surface area contributed by atoms with Crippen molar-refractivity contribution in [3.8, 4) is 0 Å². The largest absolute Gasteiger partial charge is 0.445 e. The third kappa shape index (κ3) is 4.64. The average molecular weight is 387 g/mol. The molecule has 1 aromatic rings. The molecule has 0 spiro atoms. The fraction of sp³-hybridized carbons (Fsp3) is 0.619. The number of nitrogens with zero attached hydrogens (tertiary/aromatic N) is 1. The van der Waals surface area contributed by atoms with Crippen LogP contribution in [0.15, 0.2) is 30.3 Å². The van der Waals surface area contributed by atoms with Gasteiger partial charge in [0.15, 0.2) is 0 Å². The van der Waals surface area contributed by atoms with Crippen molar-refractivity contribution in [2.75, 3.05) is 26.3 Å². The maximum Gasteiger partial charge on any atom is 0.408 e. The normalized spacial score (nSPS) is 26.0. The van der Waals surface area contributed by atoms with Crippen LogP contribution in [0.4, 0.5) is 4.79 Å². The summed E-state index contributed by atoms with van der Waals surface area (Å²) in [5.74, 6) is -0.161. The monoisotopic (exact) mass is 387 g/mol. The van der Waals surface area contributed by atoms with Crippen molar-refractivity contribution in [1.29, 1.82) is 0 Å². The van der Waals surface area contributed by atoms with Crippen LogP contribution in [-0.4, -0.2) is 60.8 Å². The number of amides is 2. The molecule has 0 unspecified atom stereocenters. The molecule has 3 fully saturated rings. The highest BCUT2D eigenvalue weighted by molar-refractivity contribution is 5.90. The first-order chi connectivity index (χ1) is 13.6. The molecule has 2 amide bonds. The lowest BCUT2D eigenvalue weighted by atomic mass is 9.95. The van der Waals surface area contributed by atoms with E-state index in [1.165, 1.54) is 12.8 Å². The summed E-state index contributed by atoms with van der Waals surface area (Å²) in [5.41, 5.74) is -0.136. The van der Waals surface area contributed by atoms with E-state index in [1.807, 2.05) is 30.3 Å². The van der Waals surface area contributed by atoms with Gasteiger partial charge in [0.05, 0.1) is 6.61 Å². The molecule has 2 heterocycles. The summed E-state index contributed by atoms with van der Waals surface area (Å²) in [6.45, 7) is 2.87. The minimum absolute atomic E-state index is 0.155. The summed E-state index contributed by atoms with van der Waals surface area (Å²) in [7, 11) is 0. The molecular formula is C21H29N3O4. The maximum absolute atomic E-state index is 13.0. The predicted molar refractivity (Wildman–Crippen MR) is 104 cm³/mol. The van der Waals surface area contributed by atoms with E-state index in [1.54, 1.807) is 0 Å². The zero-order valence-corrected chi connectivity index (χ0v) is 16.2. The van der Waals surface area contributed by atoms with Crippen molar-refractivity contribution in [3.05, 3.63) is 35.9 Å². The van der Waals surface area contributed by atoms with Crippen molar-refractivity contribution in [2.24, 2.45) is 0 Å². The van der Waals surface area contributed by atoms with Crippen molar-refractivity contribution in [1.82, 2.24) is 15.5 Å². The van der Waals surface area contributed by atoms with Crippen LogP contribution in [0.3, 0.4) is 0 Å². The Morgan fingerprint density at radius 1 is 1.14 bits per heavy atom. The molecule has 4 rings (SSSR count). The van der Waals surface area contributed by atoms with Gasteiger partial charge in [-0.05, 0) is 31.2 Å². The smallest absolute Gasteiger partial charge is 0.408 e. The van der Waals surface area contributed by atoms with E-state index in [9.17, 15) is 9.59 Å². The topological polar surface area (TPSA) is 79.9 Å². The van der Waals surface area contributed by atoms with E-state index >= 15 is 0 Å². The van der Waals surface area contributed by atoms with Crippen LogP contribution in [0.1, 0.15) is 37.7 Å². The molecule has 1 atom stereocenters. The standard InChI is InChI=1S/C21H29N3O4/c25-19(22-17-8-11-24(12-9-17)18-6-7-18)21(10-13-27-15-21)23-20(26)28-14-16-4-2-1-3-5-16/h1-5,17-18H,6-15H2,(H,22,25)(H,23,26)/t21-/m0/s1. The molecule has 7 heteroatoms. The summed E-state index contributed by atoms with van der Waals surface area (Å²) in [5, 5.41) is 5.93. The Bertz CT molecular complexity index is 678. The highest BCUT2D eigenvalue weighted by Crippen LogP contribution is 2.29. The summed E-state index contributed by atoms with van der Waals surface area (Å²) < 4.78 is 10.8. The molecular weight excluding hydrogens is 358 g/mol. The first kappa shape index (κ1) is 19.2. The number of likely N-dealkylation sites (tertiary alicyclic amines) is 1. The first-order valence-electron chi connectivity index (χ1n) is 10.3. The van der Waals surface area contributed by atoms with E-state index < -0.39 is 11.6 Å². The second-order valence-corrected chi connectivity index (χ2v) is 8.09. The minimum Gasteiger partial charge on any atom is -0.445 e. The predicted octanol–water partition coefficient (Wildman–Crippen LogP) is 1.81. The Hall–Kier alpha value is -2.12. The van der Waals surface area contributed by atoms with Gasteiger partial charge in [-0.25, -0.2) is 4.79 Å². The van der Waals surface area contributed by atoms with Gasteiger partial charge >= 0.3 is 6.09 Å². The summed E-state index contributed by atoms with van der Waals surface area (Å²) in [4.78, 5) is 27.8. The Morgan fingerprint density at radius 3 is 2.54 bits per heavy atom. The van der Waals surface area contributed by atoms with Crippen LogP contribution in [0, 0.1) is 0 Å². The van der Waals surface area contributed by atoms with Crippen LogP contribution in [0.25, 0.3) is 0 Å². The van der Waals surface area contributed by atoms with Crippen molar-refractivity contribution >= 4 is 12.0 Å². The van der Waals surface area contributed by atoms with Gasteiger partial charge in [0.25, 0.3) is 0 Å². The van der Waals surface area contributed by atoms with Gasteiger partial charge in [0.2, 0.25) is 5.91 Å². The van der Waals surface area contributed by atoms with E-state index in [-0.39, 0.29) is 25.2 Å². The third-order valence-corrected chi connectivity index (χ3v) is 5.94. The van der Waals surface area contributed by atoms with Gasteiger partial charge in [0.1, 0.15) is 12.1 Å². The molecule has 1 saturated carbocycles. The van der Waals surface area contributed by atoms with E-state index in [2.05, 4.69) is 15.5 Å². The van der Waals surface area contributed by atoms with Crippen molar-refractivity contribution in [2.45, 2.75) is 56.3 Å². The molecule has 0 bridgehead atoms. The van der Waals surface area contributed by atoms with E-state index in [4.69, 9.17) is 9.47 Å². The van der Waals surface area contributed by atoms with Gasteiger partial charge in [-0.2, -0.15) is 0 Å². The Labute approximate surface area is 165 Å². The van der Waals surface area contributed by atoms with Crippen LogP contribution in [0.5, 0.6) is 0 Å². The van der Waals surface area contributed by atoms with E-state index in [0.29, 0.717) is 13.0 Å². The Kier molecular flexibility index (Phi) is 5.82. The lowest BCUT2D eigenvalue weighted by molar-refractivity contribution is -0.128. The van der Waals surface area contributed by atoms with Crippen LogP contribution in [0.2, 0.25) is 0 Å². The number of hydrogen-bond donors (Lipinski definition) is 2. The van der Waals surface area contributed by atoms with Gasteiger partial charge < -0.3 is 25.0 Å². The molecule has 28 heavy (non-hydrogen) atoms. The number of piperidine rings is 1. The molecule has 152 valence electrons. The number of hydrogen-bond acceptors (Lipinski definition) is 5. The second kappa shape index (κ2) is 8.49. The SMILES string of the molecule is O=C(N[C@@]1(C(=O)NC2CCN(C3CC3)CC2)CCOC1)OCc1ccccc1. The molecule has 3 aliphatic rings. The highest BCUT2D eigenvalue weighted by atomic mass is 16.5. The quantitative estimate of drug-likeness (QED) is 0.778. The minimum atomic E-state index is -1.04. The number of benzene rings is 1. The molecule has 1 aromatic carbocycles. The van der Waals surface area contributed by atoms with Crippen LogP contribution < -0.4 is 10.6 Å². The van der Waals surface area contributed by atoms with Gasteiger partial charge in [-0.15, -0.1) is 0 Å². The summed E-state index contributed by atoms with van der Waals surface area (Å²) in [6, 6.07) is 10.4. The van der Waals surface area contributed by atoms with E-state index in [0.717, 1.165) is 37.5 Å². The molecule has 2 aliphatic heterocycles. The van der Waals surface area contributed by atoms with Crippen LogP contribution in [-0.2, 0) is 20.9 Å². The lowest BCUT2D eigenvalue weighted by Gasteiger charge is -2.35. The highest BCUT2D eigenvalue weighted by Gasteiger charge is 2.45. The molecule has 1 aliphatic carbocycles. The molecule has 0 aromatic heterocycles. The van der Waals surface area contributed by atoms with Gasteiger partial charge in [-0.1, -0.05) is 30.3 Å². The molecule has 0 radical (unpaired) electrons. The molecule has 2 saturated heterocycles. The number of carbonyl (C=O) groups excluding carboxylic acids is 2.